The molecule has 0 spiro atoms. The number of hydrogen-bond donors (Lipinski definition) is 0. The van der Waals surface area contributed by atoms with Gasteiger partial charge in [-0.05, 0) is 64.2 Å². The van der Waals surface area contributed by atoms with E-state index in [1.54, 1.807) is 0 Å². The summed E-state index contributed by atoms with van der Waals surface area (Å²) in [5.41, 5.74) is 17.3. The molecule has 4 aliphatic rings. The first-order chi connectivity index (χ1) is 19.9. The maximum atomic E-state index is 4.89. The average Bonchev–Trinajstić information content (AvgIpc) is 3.03. The van der Waals surface area contributed by atoms with E-state index in [0.29, 0.717) is 0 Å². The molecule has 0 bridgehead atoms. The van der Waals surface area contributed by atoms with E-state index in [0.717, 1.165) is 22.8 Å². The van der Waals surface area contributed by atoms with Crippen molar-refractivity contribution in [2.24, 2.45) is 0 Å². The Balaban J connectivity index is 1.35. The third kappa shape index (κ3) is 2.35. The lowest BCUT2D eigenvalue weighted by molar-refractivity contribution is 0.759. The van der Waals surface area contributed by atoms with Crippen molar-refractivity contribution in [2.45, 2.75) is 12.1 Å². The van der Waals surface area contributed by atoms with E-state index in [4.69, 9.17) is 9.97 Å². The van der Waals surface area contributed by atoms with E-state index in [1.807, 2.05) is 12.4 Å². The van der Waals surface area contributed by atoms with Crippen LogP contribution in [0.3, 0.4) is 0 Å². The number of anilines is 4. The minimum absolute atomic E-state index is 0.0740. The Morgan fingerprint density at radius 1 is 0.400 bits per heavy atom. The van der Waals surface area contributed by atoms with E-state index in [1.165, 1.54) is 55.9 Å². The number of aromatic nitrogens is 2. The number of pyridine rings is 2. The first kappa shape index (κ1) is 20.7. The lowest BCUT2D eigenvalue weighted by Crippen LogP contribution is -2.38. The van der Waals surface area contributed by atoms with Gasteiger partial charge in [0.1, 0.15) is 0 Å². The molecule has 4 aliphatic heterocycles. The molecule has 6 heterocycles. The molecule has 186 valence electrons. The highest BCUT2D eigenvalue weighted by Crippen LogP contribution is 2.64. The number of benzene rings is 4. The number of nitrogens with zero attached hydrogens (tertiary/aromatic N) is 4. The molecule has 4 aromatic carbocycles. The van der Waals surface area contributed by atoms with Crippen molar-refractivity contribution in [2.75, 3.05) is 9.80 Å². The molecule has 0 fully saturated rings. The third-order valence-electron chi connectivity index (χ3n) is 9.14. The van der Waals surface area contributed by atoms with Gasteiger partial charge in [-0.3, -0.25) is 9.97 Å². The third-order valence-corrected chi connectivity index (χ3v) is 9.14. The molecular weight excluding hydrogens is 488 g/mol. The zero-order valence-electron chi connectivity index (χ0n) is 21.5. The van der Waals surface area contributed by atoms with Gasteiger partial charge in [-0.1, -0.05) is 72.8 Å². The summed E-state index contributed by atoms with van der Waals surface area (Å²) in [6.45, 7) is 0. The molecule has 4 nitrogen and oxygen atoms in total. The Morgan fingerprint density at radius 3 is 1.40 bits per heavy atom. The van der Waals surface area contributed by atoms with Crippen molar-refractivity contribution in [3.63, 3.8) is 0 Å². The second kappa shape index (κ2) is 7.25. The van der Waals surface area contributed by atoms with Crippen LogP contribution in [-0.2, 0) is 0 Å². The predicted molar refractivity (Wildman–Crippen MR) is 159 cm³/mol. The lowest BCUT2D eigenvalue weighted by atomic mass is 9.73. The number of rotatable bonds is 0. The monoisotopic (exact) mass is 510 g/mol. The molecule has 6 aromatic rings. The van der Waals surface area contributed by atoms with Crippen molar-refractivity contribution < 1.29 is 0 Å². The van der Waals surface area contributed by atoms with E-state index in [2.05, 4.69) is 119 Å². The molecule has 0 amide bonds. The van der Waals surface area contributed by atoms with Gasteiger partial charge in [0.15, 0.2) is 0 Å². The first-order valence-electron chi connectivity index (χ1n) is 13.8. The van der Waals surface area contributed by atoms with Crippen molar-refractivity contribution in [1.29, 1.82) is 0 Å². The molecule has 0 radical (unpaired) electrons. The first-order valence-corrected chi connectivity index (χ1v) is 13.8. The fourth-order valence-electron chi connectivity index (χ4n) is 7.73. The molecule has 2 unspecified atom stereocenters. The Labute approximate surface area is 231 Å². The molecule has 2 aromatic heterocycles. The number of fused-ring (bicyclic) bond motifs is 16. The molecule has 0 aliphatic carbocycles. The van der Waals surface area contributed by atoms with Crippen LogP contribution >= 0.6 is 0 Å². The van der Waals surface area contributed by atoms with Gasteiger partial charge in [-0.25, -0.2) is 0 Å². The number of hydrogen-bond acceptors (Lipinski definition) is 4. The molecule has 2 atom stereocenters. The Hall–Kier alpha value is -5.22. The van der Waals surface area contributed by atoms with Crippen molar-refractivity contribution in [3.05, 3.63) is 144 Å². The highest BCUT2D eigenvalue weighted by atomic mass is 15.2. The van der Waals surface area contributed by atoms with Crippen LogP contribution in [0.5, 0.6) is 0 Å². The summed E-state index contributed by atoms with van der Waals surface area (Å²) in [5, 5.41) is 0. The molecule has 10 rings (SSSR count). The predicted octanol–water partition coefficient (Wildman–Crippen LogP) is 8.59. The summed E-state index contributed by atoms with van der Waals surface area (Å²) >= 11 is 0. The zero-order valence-corrected chi connectivity index (χ0v) is 21.5. The lowest BCUT2D eigenvalue weighted by Gasteiger charge is -2.50. The highest BCUT2D eigenvalue weighted by molar-refractivity contribution is 6.06. The van der Waals surface area contributed by atoms with E-state index in [9.17, 15) is 0 Å². The van der Waals surface area contributed by atoms with Crippen molar-refractivity contribution in [3.8, 4) is 33.6 Å². The Bertz CT molecular complexity index is 1770. The summed E-state index contributed by atoms with van der Waals surface area (Å²) in [6.07, 6.45) is 3.82. The quantitative estimate of drug-likeness (QED) is 0.205. The smallest absolute Gasteiger partial charge is 0.0942 e. The van der Waals surface area contributed by atoms with Gasteiger partial charge in [0.25, 0.3) is 0 Å². The normalized spacial score (nSPS) is 17.9. The summed E-state index contributed by atoms with van der Waals surface area (Å²) in [7, 11) is 0. The maximum Gasteiger partial charge on any atom is 0.0942 e. The van der Waals surface area contributed by atoms with Crippen LogP contribution < -0.4 is 9.80 Å². The second-order valence-corrected chi connectivity index (χ2v) is 10.9. The molecule has 0 saturated heterocycles. The average molecular weight is 511 g/mol. The van der Waals surface area contributed by atoms with E-state index in [-0.39, 0.29) is 12.1 Å². The van der Waals surface area contributed by atoms with Gasteiger partial charge in [-0.2, -0.15) is 0 Å². The molecular formula is C36H22N4. The van der Waals surface area contributed by atoms with Crippen LogP contribution in [0.2, 0.25) is 0 Å². The van der Waals surface area contributed by atoms with Crippen molar-refractivity contribution >= 4 is 22.7 Å². The van der Waals surface area contributed by atoms with Gasteiger partial charge in [0, 0.05) is 29.1 Å². The SMILES string of the molecule is c1ccc2c(c1)-c1ncccc1N1c3cccc4c3-c3c(cccc3C3c5ccccc5-c5ncccc5N43)C21. The van der Waals surface area contributed by atoms with E-state index >= 15 is 0 Å². The molecule has 0 saturated carbocycles. The highest BCUT2D eigenvalue weighted by Gasteiger charge is 2.46. The van der Waals surface area contributed by atoms with Gasteiger partial charge >= 0.3 is 0 Å². The molecule has 0 N–H and O–H groups in total. The standard InChI is InChI=1S/C36H22N4/c1-3-11-23-21(9-1)33-29(17-7-19-37-33)39-27-15-6-16-28-32(27)31-25(35(23)39)13-5-14-26(31)36-24-12-4-2-10-22(24)34-30(40(28)36)18-8-20-38-34/h1-20,35-36H. The van der Waals surface area contributed by atoms with Gasteiger partial charge in [-0.15, -0.1) is 0 Å². The minimum atomic E-state index is 0.0740. The summed E-state index contributed by atoms with van der Waals surface area (Å²) in [5.74, 6) is 0. The van der Waals surface area contributed by atoms with Crippen LogP contribution in [0.1, 0.15) is 34.3 Å². The van der Waals surface area contributed by atoms with Gasteiger partial charge in [0.2, 0.25) is 0 Å². The largest absolute Gasteiger partial charge is 0.327 e. The van der Waals surface area contributed by atoms with Gasteiger partial charge in [0.05, 0.1) is 46.2 Å². The Morgan fingerprint density at radius 2 is 0.850 bits per heavy atom. The van der Waals surface area contributed by atoms with Crippen LogP contribution in [0, 0.1) is 0 Å². The van der Waals surface area contributed by atoms with Crippen LogP contribution in [0.4, 0.5) is 22.7 Å². The second-order valence-electron chi connectivity index (χ2n) is 10.9. The summed E-state index contributed by atoms with van der Waals surface area (Å²) in [4.78, 5) is 14.8. The van der Waals surface area contributed by atoms with Crippen molar-refractivity contribution in [1.82, 2.24) is 9.97 Å². The maximum absolute atomic E-state index is 4.89. The fourth-order valence-corrected chi connectivity index (χ4v) is 7.73. The fraction of sp³-hybridized carbons (Fsp3) is 0.0556. The van der Waals surface area contributed by atoms with Crippen LogP contribution in [-0.4, -0.2) is 9.97 Å². The van der Waals surface area contributed by atoms with Crippen LogP contribution in [0.25, 0.3) is 33.6 Å². The summed E-state index contributed by atoms with van der Waals surface area (Å²) < 4.78 is 0. The Kier molecular flexibility index (Phi) is 3.75. The topological polar surface area (TPSA) is 32.3 Å². The summed E-state index contributed by atoms with van der Waals surface area (Å²) in [6, 6.07) is 40.1. The van der Waals surface area contributed by atoms with Gasteiger partial charge < -0.3 is 9.80 Å². The zero-order chi connectivity index (χ0) is 25.9. The van der Waals surface area contributed by atoms with E-state index < -0.39 is 0 Å². The molecule has 4 heteroatoms. The molecule has 40 heavy (non-hydrogen) atoms. The minimum Gasteiger partial charge on any atom is -0.327 e. The van der Waals surface area contributed by atoms with Crippen LogP contribution in [0.15, 0.2) is 122 Å².